The molecule has 0 saturated heterocycles. The topological polar surface area (TPSA) is 64.6 Å². The third-order valence-electron chi connectivity index (χ3n) is 2.42. The highest BCUT2D eigenvalue weighted by atomic mass is 79.9. The van der Waals surface area contributed by atoms with E-state index >= 15 is 0 Å². The van der Waals surface area contributed by atoms with Gasteiger partial charge < -0.3 is 14.8 Å². The van der Waals surface area contributed by atoms with Crippen molar-refractivity contribution in [2.75, 3.05) is 19.5 Å². The van der Waals surface area contributed by atoms with E-state index in [0.29, 0.717) is 0 Å². The van der Waals surface area contributed by atoms with Crippen LogP contribution in [-0.2, 0) is 25.2 Å². The van der Waals surface area contributed by atoms with Crippen LogP contribution in [0.15, 0.2) is 34.4 Å². The van der Waals surface area contributed by atoms with E-state index in [2.05, 4.69) is 30.7 Å². The molecule has 1 N–H and O–H groups in total. The van der Waals surface area contributed by atoms with Crippen LogP contribution in [0.1, 0.15) is 5.56 Å². The molecule has 0 amide bonds. The lowest BCUT2D eigenvalue weighted by Gasteiger charge is -2.13. The number of alkyl halides is 3. The fourth-order valence-corrected chi connectivity index (χ4v) is 1.88. The summed E-state index contributed by atoms with van der Waals surface area (Å²) in [5, 5.41) is 2.40. The lowest BCUT2D eigenvalue weighted by Crippen LogP contribution is -2.16. The van der Waals surface area contributed by atoms with E-state index in [1.54, 1.807) is 0 Å². The zero-order valence-corrected chi connectivity index (χ0v) is 13.0. The van der Waals surface area contributed by atoms with Crippen LogP contribution in [0, 0.1) is 0 Å². The minimum Gasteiger partial charge on any atom is -0.466 e. The summed E-state index contributed by atoms with van der Waals surface area (Å²) in [5.74, 6) is -1.79. The van der Waals surface area contributed by atoms with Gasteiger partial charge in [-0.15, -0.1) is 0 Å². The third kappa shape index (κ3) is 4.76. The summed E-state index contributed by atoms with van der Waals surface area (Å²) in [6.45, 7) is 0. The van der Waals surface area contributed by atoms with Gasteiger partial charge in [-0.05, 0) is 18.2 Å². The van der Waals surface area contributed by atoms with Crippen molar-refractivity contribution < 1.29 is 32.2 Å². The lowest BCUT2D eigenvalue weighted by molar-refractivity contribution is -0.138. The number of hydrogen-bond acceptors (Lipinski definition) is 5. The van der Waals surface area contributed by atoms with Gasteiger partial charge in [-0.25, -0.2) is 9.59 Å². The monoisotopic (exact) mass is 381 g/mol. The van der Waals surface area contributed by atoms with Gasteiger partial charge in [-0.1, -0.05) is 15.9 Å². The predicted molar refractivity (Wildman–Crippen MR) is 74.9 cm³/mol. The second-order valence-electron chi connectivity index (χ2n) is 3.89. The molecule has 0 aliphatic heterocycles. The van der Waals surface area contributed by atoms with Gasteiger partial charge in [0.05, 0.1) is 25.9 Å². The Morgan fingerprint density at radius 1 is 1.23 bits per heavy atom. The standard InChI is InChI=1S/C13H11BrF3NO4/c1-21-11(19)6-10(12(20)22-2)18-7-3-4-9(14)8(5-7)13(15,16)17/h3-6,18H,1-2H3/b10-6+. The van der Waals surface area contributed by atoms with Crippen LogP contribution in [-0.4, -0.2) is 26.2 Å². The van der Waals surface area contributed by atoms with Gasteiger partial charge in [0.15, 0.2) is 0 Å². The average molecular weight is 382 g/mol. The van der Waals surface area contributed by atoms with E-state index in [1.807, 2.05) is 0 Å². The zero-order valence-electron chi connectivity index (χ0n) is 11.5. The van der Waals surface area contributed by atoms with E-state index in [4.69, 9.17) is 0 Å². The molecule has 0 fully saturated rings. The van der Waals surface area contributed by atoms with Crippen LogP contribution in [0.25, 0.3) is 0 Å². The summed E-state index contributed by atoms with van der Waals surface area (Å²) >= 11 is 2.80. The molecule has 0 spiro atoms. The predicted octanol–water partition coefficient (Wildman–Crippen LogP) is 3.11. The maximum Gasteiger partial charge on any atom is 0.417 e. The van der Waals surface area contributed by atoms with Crippen LogP contribution in [0.4, 0.5) is 18.9 Å². The van der Waals surface area contributed by atoms with Gasteiger partial charge in [0.1, 0.15) is 5.70 Å². The second kappa shape index (κ2) is 7.30. The zero-order chi connectivity index (χ0) is 16.9. The Bertz CT molecular complexity index is 614. The number of esters is 2. The third-order valence-corrected chi connectivity index (χ3v) is 3.11. The van der Waals surface area contributed by atoms with E-state index in [0.717, 1.165) is 32.4 Å². The summed E-state index contributed by atoms with van der Waals surface area (Å²) < 4.78 is 47.1. The van der Waals surface area contributed by atoms with Crippen molar-refractivity contribution in [1.82, 2.24) is 0 Å². The summed E-state index contributed by atoms with van der Waals surface area (Å²) in [4.78, 5) is 22.7. The largest absolute Gasteiger partial charge is 0.466 e. The summed E-state index contributed by atoms with van der Waals surface area (Å²) in [6.07, 6.45) is -3.80. The Morgan fingerprint density at radius 3 is 2.36 bits per heavy atom. The molecular weight excluding hydrogens is 371 g/mol. The Labute approximate surface area is 132 Å². The molecule has 0 bridgehead atoms. The van der Waals surface area contributed by atoms with Crippen molar-refractivity contribution in [3.8, 4) is 0 Å². The molecule has 0 saturated carbocycles. The highest BCUT2D eigenvalue weighted by Gasteiger charge is 2.33. The molecule has 22 heavy (non-hydrogen) atoms. The van der Waals surface area contributed by atoms with Gasteiger partial charge in [0.2, 0.25) is 0 Å². The van der Waals surface area contributed by atoms with Crippen LogP contribution in [0.5, 0.6) is 0 Å². The molecule has 5 nitrogen and oxygen atoms in total. The van der Waals surface area contributed by atoms with E-state index in [-0.39, 0.29) is 15.9 Å². The minimum atomic E-state index is -4.58. The lowest BCUT2D eigenvalue weighted by atomic mass is 10.2. The Kier molecular flexibility index (Phi) is 5.98. The van der Waals surface area contributed by atoms with Crippen LogP contribution < -0.4 is 5.32 Å². The molecule has 0 radical (unpaired) electrons. The van der Waals surface area contributed by atoms with E-state index < -0.39 is 23.7 Å². The van der Waals surface area contributed by atoms with Crippen molar-refractivity contribution in [2.24, 2.45) is 0 Å². The number of carbonyl (C=O) groups excluding carboxylic acids is 2. The maximum atomic E-state index is 12.8. The minimum absolute atomic E-state index is 0.0453. The molecule has 0 aromatic heterocycles. The first kappa shape index (κ1) is 18.0. The molecule has 9 heteroatoms. The summed E-state index contributed by atoms with van der Waals surface area (Å²) in [6, 6.07) is 3.25. The van der Waals surface area contributed by atoms with E-state index in [1.165, 1.54) is 6.07 Å². The number of methoxy groups -OCH3 is 2. The average Bonchev–Trinajstić information content (AvgIpc) is 2.46. The second-order valence-corrected chi connectivity index (χ2v) is 4.74. The first-order chi connectivity index (χ1) is 10.2. The first-order valence-electron chi connectivity index (χ1n) is 5.70. The molecule has 0 aliphatic rings. The number of hydrogen-bond donors (Lipinski definition) is 1. The normalized spacial score (nSPS) is 11.8. The Hall–Kier alpha value is -2.03. The fraction of sp³-hybridized carbons (Fsp3) is 0.231. The Balaban J connectivity index is 3.17. The number of ether oxygens (including phenoxy) is 2. The quantitative estimate of drug-likeness (QED) is 0.641. The first-order valence-corrected chi connectivity index (χ1v) is 6.50. The highest BCUT2D eigenvalue weighted by Crippen LogP contribution is 2.36. The Morgan fingerprint density at radius 2 is 1.86 bits per heavy atom. The van der Waals surface area contributed by atoms with Gasteiger partial charge in [0, 0.05) is 10.2 Å². The molecule has 1 aromatic rings. The molecule has 0 aliphatic carbocycles. The van der Waals surface area contributed by atoms with Crippen molar-refractivity contribution in [3.63, 3.8) is 0 Å². The number of halogens is 4. The SMILES string of the molecule is COC(=O)/C=C(/Nc1ccc(Br)c(C(F)(F)F)c1)C(=O)OC. The van der Waals surface area contributed by atoms with Gasteiger partial charge >= 0.3 is 18.1 Å². The molecule has 1 rings (SSSR count). The molecule has 0 unspecified atom stereocenters. The molecular formula is C13H11BrF3NO4. The molecule has 1 aromatic carbocycles. The van der Waals surface area contributed by atoms with E-state index in [9.17, 15) is 22.8 Å². The van der Waals surface area contributed by atoms with Crippen molar-refractivity contribution >= 4 is 33.6 Å². The molecule has 0 atom stereocenters. The fourth-order valence-electron chi connectivity index (χ4n) is 1.41. The van der Waals surface area contributed by atoms with Crippen LogP contribution >= 0.6 is 15.9 Å². The number of rotatable bonds is 4. The maximum absolute atomic E-state index is 12.8. The summed E-state index contributed by atoms with van der Waals surface area (Å²) in [5.41, 5.74) is -1.33. The van der Waals surface area contributed by atoms with Crippen molar-refractivity contribution in [3.05, 3.63) is 40.0 Å². The number of nitrogens with one attached hydrogen (secondary N) is 1. The van der Waals surface area contributed by atoms with Crippen LogP contribution in [0.2, 0.25) is 0 Å². The van der Waals surface area contributed by atoms with Crippen LogP contribution in [0.3, 0.4) is 0 Å². The van der Waals surface area contributed by atoms with Gasteiger partial charge in [0.25, 0.3) is 0 Å². The highest BCUT2D eigenvalue weighted by molar-refractivity contribution is 9.10. The molecule has 120 valence electrons. The smallest absolute Gasteiger partial charge is 0.417 e. The van der Waals surface area contributed by atoms with Gasteiger partial charge in [-0.2, -0.15) is 13.2 Å². The van der Waals surface area contributed by atoms with Crippen molar-refractivity contribution in [1.29, 1.82) is 0 Å². The van der Waals surface area contributed by atoms with Crippen molar-refractivity contribution in [2.45, 2.75) is 6.18 Å². The molecule has 0 heterocycles. The number of carbonyl (C=O) groups is 2. The number of benzene rings is 1. The van der Waals surface area contributed by atoms with Gasteiger partial charge in [-0.3, -0.25) is 0 Å². The summed E-state index contributed by atoms with van der Waals surface area (Å²) in [7, 11) is 2.16. The number of anilines is 1.